The molecule has 1 spiro atoms. The van der Waals surface area contributed by atoms with Crippen LogP contribution < -0.4 is 9.64 Å². The molecule has 3 fully saturated rings. The van der Waals surface area contributed by atoms with E-state index in [1.54, 1.807) is 7.11 Å². The highest BCUT2D eigenvalue weighted by atomic mass is 16.5. The largest absolute Gasteiger partial charge is 0.495 e. The maximum atomic E-state index is 13.1. The van der Waals surface area contributed by atoms with Gasteiger partial charge in [0.2, 0.25) is 5.91 Å². The fourth-order valence-electron chi connectivity index (χ4n) is 7.46. The van der Waals surface area contributed by atoms with Crippen molar-refractivity contribution in [2.45, 2.75) is 76.3 Å². The summed E-state index contributed by atoms with van der Waals surface area (Å²) >= 11 is 0. The molecule has 3 aliphatic heterocycles. The van der Waals surface area contributed by atoms with Gasteiger partial charge in [0.15, 0.2) is 0 Å². The van der Waals surface area contributed by atoms with E-state index < -0.39 is 0 Å². The van der Waals surface area contributed by atoms with E-state index in [0.717, 1.165) is 17.9 Å². The minimum absolute atomic E-state index is 0.0867. The Balaban J connectivity index is 1.76. The van der Waals surface area contributed by atoms with E-state index in [-0.39, 0.29) is 11.3 Å². The lowest BCUT2D eigenvalue weighted by Crippen LogP contribution is -2.65. The van der Waals surface area contributed by atoms with E-state index >= 15 is 0 Å². The summed E-state index contributed by atoms with van der Waals surface area (Å²) in [6.07, 6.45) is 8.04. The number of para-hydroxylation sites is 1. The third-order valence-electron chi connectivity index (χ3n) is 8.42. The molecule has 0 aromatic heterocycles. The second-order valence-corrected chi connectivity index (χ2v) is 9.08. The first kappa shape index (κ1) is 17.5. The zero-order chi connectivity index (χ0) is 18.8. The predicted octanol–water partition coefficient (Wildman–Crippen LogP) is 4.12. The van der Waals surface area contributed by atoms with Gasteiger partial charge in [-0.25, -0.2) is 0 Å². The number of methoxy groups -OCH3 is 1. The van der Waals surface area contributed by atoms with Gasteiger partial charge < -0.3 is 9.64 Å². The minimum Gasteiger partial charge on any atom is -0.495 e. The minimum atomic E-state index is 0.0867. The van der Waals surface area contributed by atoms with Crippen LogP contribution in [0.4, 0.5) is 5.69 Å². The summed E-state index contributed by atoms with van der Waals surface area (Å²) in [6, 6.07) is 7.34. The number of benzene rings is 1. The molecule has 0 bridgehead atoms. The molecule has 146 valence electrons. The highest BCUT2D eigenvalue weighted by Crippen LogP contribution is 2.66. The number of carbonyl (C=O) groups is 1. The maximum absolute atomic E-state index is 13.1. The molecule has 27 heavy (non-hydrogen) atoms. The number of anilines is 1. The predicted molar refractivity (Wildman–Crippen MR) is 107 cm³/mol. The van der Waals surface area contributed by atoms with Crippen LogP contribution in [-0.2, 0) is 10.2 Å². The Bertz CT molecular complexity index is 778. The first-order chi connectivity index (χ1) is 13.1. The van der Waals surface area contributed by atoms with E-state index in [9.17, 15) is 4.79 Å². The van der Waals surface area contributed by atoms with Crippen LogP contribution >= 0.6 is 0 Å². The molecule has 1 aromatic carbocycles. The lowest BCUT2D eigenvalue weighted by Gasteiger charge is -2.58. The standard InChI is InChI=1S/C23H32N2O2/c1-4-19(26)25-18-10-12-22(5-2)11-7-14-24-15-13-23(18,21(22)24)16-8-6-9-17(27-3)20(16)25/h6,8-9,18,21H,4-5,7,10-15H2,1-3H3. The van der Waals surface area contributed by atoms with E-state index in [2.05, 4.69) is 28.9 Å². The van der Waals surface area contributed by atoms with Crippen LogP contribution in [0.3, 0.4) is 0 Å². The van der Waals surface area contributed by atoms with Gasteiger partial charge in [0, 0.05) is 23.9 Å². The molecule has 1 amide bonds. The van der Waals surface area contributed by atoms with Crippen LogP contribution in [0.1, 0.15) is 64.4 Å². The summed E-state index contributed by atoms with van der Waals surface area (Å²) in [6.45, 7) is 6.78. The number of nitrogens with zero attached hydrogens (tertiary/aromatic N) is 2. The van der Waals surface area contributed by atoms with Crippen molar-refractivity contribution in [2.24, 2.45) is 5.41 Å². The molecule has 4 unspecified atom stereocenters. The maximum Gasteiger partial charge on any atom is 0.227 e. The zero-order valence-corrected chi connectivity index (χ0v) is 17.0. The third kappa shape index (κ3) is 2.00. The molecule has 4 atom stereocenters. The summed E-state index contributed by atoms with van der Waals surface area (Å²) in [5.41, 5.74) is 2.97. The monoisotopic (exact) mass is 368 g/mol. The summed E-state index contributed by atoms with van der Waals surface area (Å²) in [5.74, 6) is 1.12. The Hall–Kier alpha value is -1.55. The quantitative estimate of drug-likeness (QED) is 0.805. The van der Waals surface area contributed by atoms with Gasteiger partial charge in [-0.3, -0.25) is 9.69 Å². The Labute approximate surface area is 162 Å². The second-order valence-electron chi connectivity index (χ2n) is 9.08. The van der Waals surface area contributed by atoms with Crippen molar-refractivity contribution in [3.8, 4) is 5.75 Å². The van der Waals surface area contributed by atoms with Gasteiger partial charge in [0.25, 0.3) is 0 Å². The van der Waals surface area contributed by atoms with Gasteiger partial charge >= 0.3 is 0 Å². The highest BCUT2D eigenvalue weighted by molar-refractivity contribution is 5.99. The van der Waals surface area contributed by atoms with Crippen LogP contribution in [0.2, 0.25) is 0 Å². The molecule has 0 radical (unpaired) electrons. The number of amides is 1. The lowest BCUT2D eigenvalue weighted by molar-refractivity contribution is -0.119. The summed E-state index contributed by atoms with van der Waals surface area (Å²) in [4.78, 5) is 18.1. The van der Waals surface area contributed by atoms with Crippen LogP contribution in [-0.4, -0.2) is 43.1 Å². The normalized spacial score (nSPS) is 36.9. The highest BCUT2D eigenvalue weighted by Gasteiger charge is 2.68. The topological polar surface area (TPSA) is 32.8 Å². The molecule has 4 nitrogen and oxygen atoms in total. The molecule has 5 rings (SSSR count). The number of ether oxygens (including phenoxy) is 1. The average Bonchev–Trinajstić information content (AvgIpc) is 3.25. The molecule has 1 saturated carbocycles. The number of rotatable bonds is 3. The SMILES string of the molecule is CCC(=O)N1c2c(OC)cccc2C23CCN4CCCC(CC)(CCC12)C43. The molecule has 4 heteroatoms. The summed E-state index contributed by atoms with van der Waals surface area (Å²) in [5, 5.41) is 0. The van der Waals surface area contributed by atoms with Crippen molar-refractivity contribution in [2.75, 3.05) is 25.1 Å². The number of fused-ring (bicyclic) bond motifs is 1. The van der Waals surface area contributed by atoms with Gasteiger partial charge in [0.05, 0.1) is 12.8 Å². The summed E-state index contributed by atoms with van der Waals surface area (Å²) < 4.78 is 5.77. The van der Waals surface area contributed by atoms with Crippen LogP contribution in [0.25, 0.3) is 0 Å². The van der Waals surface area contributed by atoms with Crippen molar-refractivity contribution in [1.29, 1.82) is 0 Å². The summed E-state index contributed by atoms with van der Waals surface area (Å²) in [7, 11) is 1.74. The number of hydrogen-bond donors (Lipinski definition) is 0. The van der Waals surface area contributed by atoms with Crippen LogP contribution in [0.15, 0.2) is 18.2 Å². The number of piperidine rings is 1. The number of hydrogen-bond acceptors (Lipinski definition) is 3. The van der Waals surface area contributed by atoms with E-state index in [0.29, 0.717) is 23.9 Å². The molecule has 3 heterocycles. The Morgan fingerprint density at radius 3 is 2.81 bits per heavy atom. The van der Waals surface area contributed by atoms with Gasteiger partial charge in [-0.2, -0.15) is 0 Å². The fourth-order valence-corrected chi connectivity index (χ4v) is 7.46. The van der Waals surface area contributed by atoms with Crippen molar-refractivity contribution >= 4 is 11.6 Å². The van der Waals surface area contributed by atoms with Gasteiger partial charge in [0.1, 0.15) is 5.75 Å². The Kier molecular flexibility index (Phi) is 3.88. The smallest absolute Gasteiger partial charge is 0.227 e. The molecule has 1 aliphatic carbocycles. The van der Waals surface area contributed by atoms with Gasteiger partial charge in [-0.15, -0.1) is 0 Å². The zero-order valence-electron chi connectivity index (χ0n) is 17.0. The van der Waals surface area contributed by atoms with Crippen molar-refractivity contribution in [3.63, 3.8) is 0 Å². The van der Waals surface area contributed by atoms with Crippen LogP contribution in [0.5, 0.6) is 5.75 Å². The van der Waals surface area contributed by atoms with E-state index in [1.165, 1.54) is 50.8 Å². The van der Waals surface area contributed by atoms with Crippen molar-refractivity contribution in [1.82, 2.24) is 4.90 Å². The van der Waals surface area contributed by atoms with E-state index in [1.807, 2.05) is 13.0 Å². The molecule has 1 aromatic rings. The average molecular weight is 369 g/mol. The Morgan fingerprint density at radius 2 is 2.07 bits per heavy atom. The van der Waals surface area contributed by atoms with Crippen LogP contribution in [0, 0.1) is 5.41 Å². The fraction of sp³-hybridized carbons (Fsp3) is 0.696. The molecular formula is C23H32N2O2. The Morgan fingerprint density at radius 1 is 1.22 bits per heavy atom. The first-order valence-corrected chi connectivity index (χ1v) is 10.9. The molecular weight excluding hydrogens is 336 g/mol. The molecule has 4 aliphatic rings. The van der Waals surface area contributed by atoms with Crippen molar-refractivity contribution in [3.05, 3.63) is 23.8 Å². The van der Waals surface area contributed by atoms with Crippen molar-refractivity contribution < 1.29 is 9.53 Å². The van der Waals surface area contributed by atoms with Gasteiger partial charge in [-0.1, -0.05) is 26.0 Å². The van der Waals surface area contributed by atoms with E-state index in [4.69, 9.17) is 4.74 Å². The number of carbonyl (C=O) groups excluding carboxylic acids is 1. The van der Waals surface area contributed by atoms with Gasteiger partial charge in [-0.05, 0) is 68.7 Å². The second kappa shape index (κ2) is 5.97. The first-order valence-electron chi connectivity index (χ1n) is 10.9. The third-order valence-corrected chi connectivity index (χ3v) is 8.42. The lowest BCUT2D eigenvalue weighted by atomic mass is 9.52. The molecule has 2 saturated heterocycles. The molecule has 0 N–H and O–H groups in total.